The number of halogens is 1. The number of oxime groups is 1. The number of hydrogen-bond donors (Lipinski definition) is 3. The van der Waals surface area contributed by atoms with E-state index in [9.17, 15) is 4.79 Å². The number of nitrogens with one attached hydrogen (secondary N) is 2. The molecule has 0 spiro atoms. The van der Waals surface area contributed by atoms with Gasteiger partial charge in [-0.25, -0.2) is 14.8 Å². The van der Waals surface area contributed by atoms with Gasteiger partial charge in [0.15, 0.2) is 0 Å². The lowest BCUT2D eigenvalue weighted by Gasteiger charge is -2.11. The van der Waals surface area contributed by atoms with Gasteiger partial charge in [0.1, 0.15) is 30.6 Å². The fourth-order valence-electron chi connectivity index (χ4n) is 1.66. The van der Waals surface area contributed by atoms with Crippen molar-refractivity contribution < 1.29 is 14.4 Å². The molecule has 1 aromatic carbocycles. The Labute approximate surface area is 142 Å². The normalized spacial score (nSPS) is 10.5. The maximum atomic E-state index is 11.3. The van der Waals surface area contributed by atoms with E-state index in [1.54, 1.807) is 18.2 Å². The summed E-state index contributed by atoms with van der Waals surface area (Å²) in [5, 5.41) is 8.94. The van der Waals surface area contributed by atoms with Crippen molar-refractivity contribution in [2.45, 2.75) is 0 Å². The molecule has 0 saturated carbocycles. The first-order chi connectivity index (χ1) is 11.5. The summed E-state index contributed by atoms with van der Waals surface area (Å²) in [6.45, 7) is 0. The molecule has 1 heterocycles. The first-order valence-electron chi connectivity index (χ1n) is 6.68. The van der Waals surface area contributed by atoms with Crippen LogP contribution in [-0.2, 0) is 4.84 Å². The largest absolute Gasteiger partial charge is 0.437 e. The zero-order chi connectivity index (χ0) is 17.5. The molecule has 0 saturated heterocycles. The van der Waals surface area contributed by atoms with Crippen LogP contribution in [0.15, 0.2) is 29.7 Å². The fourth-order valence-corrected chi connectivity index (χ4v) is 1.88. The number of carbonyl (C=O) groups is 1. The minimum Gasteiger partial charge on any atom is -0.437 e. The van der Waals surface area contributed by atoms with Crippen LogP contribution >= 0.6 is 11.6 Å². The maximum Gasteiger partial charge on any atom is 0.318 e. The zero-order valence-corrected chi connectivity index (χ0v) is 13.7. The van der Waals surface area contributed by atoms with Gasteiger partial charge in [0.2, 0.25) is 5.88 Å². The average molecular weight is 351 g/mol. The third-order valence-electron chi connectivity index (χ3n) is 2.79. The van der Waals surface area contributed by atoms with Crippen molar-refractivity contribution in [2.75, 3.05) is 25.2 Å². The molecule has 2 rings (SSSR count). The number of nitrogens with two attached hydrogens (primary N) is 1. The van der Waals surface area contributed by atoms with Gasteiger partial charge in [-0.05, 0) is 18.2 Å². The van der Waals surface area contributed by atoms with Gasteiger partial charge in [0.05, 0.1) is 11.2 Å². The lowest BCUT2D eigenvalue weighted by molar-refractivity contribution is 0.215. The highest BCUT2D eigenvalue weighted by atomic mass is 35.5. The van der Waals surface area contributed by atoms with Crippen molar-refractivity contribution in [1.29, 1.82) is 0 Å². The molecule has 0 aliphatic rings. The van der Waals surface area contributed by atoms with E-state index in [4.69, 9.17) is 22.1 Å². The van der Waals surface area contributed by atoms with E-state index in [2.05, 4.69) is 30.6 Å². The standard InChI is InChI=1S/C14H15ClN6O3/c1-17-14(22)21-8-3-4-11(10(15)5-8)24-13-9(6-20-23-2)12(16)18-7-19-13/h3-7H,1-2H3,(H2,16,18,19)(H2,17,21,22). The van der Waals surface area contributed by atoms with Crippen LogP contribution in [0.5, 0.6) is 11.6 Å². The summed E-state index contributed by atoms with van der Waals surface area (Å²) in [6, 6.07) is 4.40. The molecule has 0 fully saturated rings. The number of aromatic nitrogens is 2. The molecular weight excluding hydrogens is 336 g/mol. The molecule has 1 aromatic heterocycles. The van der Waals surface area contributed by atoms with Crippen molar-refractivity contribution >= 4 is 35.4 Å². The maximum absolute atomic E-state index is 11.3. The van der Waals surface area contributed by atoms with Gasteiger partial charge in [0.25, 0.3) is 0 Å². The molecule has 0 atom stereocenters. The molecule has 9 nitrogen and oxygen atoms in total. The number of nitrogens with zero attached hydrogens (tertiary/aromatic N) is 3. The highest BCUT2D eigenvalue weighted by Gasteiger charge is 2.13. The van der Waals surface area contributed by atoms with E-state index in [0.717, 1.165) is 0 Å². The summed E-state index contributed by atoms with van der Waals surface area (Å²) in [4.78, 5) is 23.8. The van der Waals surface area contributed by atoms with Gasteiger partial charge >= 0.3 is 6.03 Å². The molecule has 0 aliphatic carbocycles. The number of amides is 2. The van der Waals surface area contributed by atoms with Crippen molar-refractivity contribution in [2.24, 2.45) is 5.16 Å². The number of benzene rings is 1. The van der Waals surface area contributed by atoms with E-state index in [0.29, 0.717) is 17.0 Å². The lowest BCUT2D eigenvalue weighted by atomic mass is 10.3. The topological polar surface area (TPSA) is 124 Å². The Morgan fingerprint density at radius 1 is 1.42 bits per heavy atom. The van der Waals surface area contributed by atoms with E-state index in [1.165, 1.54) is 26.7 Å². The van der Waals surface area contributed by atoms with Crippen LogP contribution in [0.2, 0.25) is 5.02 Å². The molecule has 126 valence electrons. The Kier molecular flexibility index (Phi) is 5.74. The van der Waals surface area contributed by atoms with Crippen LogP contribution in [0.3, 0.4) is 0 Å². The minimum absolute atomic E-state index is 0.164. The molecule has 0 aliphatic heterocycles. The summed E-state index contributed by atoms with van der Waals surface area (Å²) >= 11 is 6.17. The Hall–Kier alpha value is -3.07. The first kappa shape index (κ1) is 17.3. The summed E-state index contributed by atoms with van der Waals surface area (Å²) < 4.78 is 5.67. The predicted molar refractivity (Wildman–Crippen MR) is 90.7 cm³/mol. The smallest absolute Gasteiger partial charge is 0.318 e. The molecule has 2 amide bonds. The first-order valence-corrected chi connectivity index (χ1v) is 7.06. The minimum atomic E-state index is -0.360. The second-order valence-corrected chi connectivity index (χ2v) is 4.75. The molecule has 24 heavy (non-hydrogen) atoms. The molecule has 0 bridgehead atoms. The lowest BCUT2D eigenvalue weighted by Crippen LogP contribution is -2.24. The Bertz CT molecular complexity index is 768. The Balaban J connectivity index is 2.27. The number of rotatable bonds is 5. The summed E-state index contributed by atoms with van der Waals surface area (Å²) in [5.74, 6) is 0.663. The number of nitrogen functional groups attached to an aromatic ring is 1. The van der Waals surface area contributed by atoms with E-state index in [-0.39, 0.29) is 22.8 Å². The number of anilines is 2. The highest BCUT2D eigenvalue weighted by Crippen LogP contribution is 2.32. The third kappa shape index (κ3) is 4.23. The van der Waals surface area contributed by atoms with Crippen molar-refractivity contribution in [1.82, 2.24) is 15.3 Å². The average Bonchev–Trinajstić information content (AvgIpc) is 2.56. The van der Waals surface area contributed by atoms with Gasteiger partial charge in [-0.1, -0.05) is 16.8 Å². The molecule has 4 N–H and O–H groups in total. The predicted octanol–water partition coefficient (Wildman–Crippen LogP) is 2.24. The molecule has 2 aromatic rings. The van der Waals surface area contributed by atoms with Gasteiger partial charge in [-0.15, -0.1) is 0 Å². The second kappa shape index (κ2) is 7.97. The van der Waals surface area contributed by atoms with Crippen LogP contribution in [0.4, 0.5) is 16.3 Å². The zero-order valence-electron chi connectivity index (χ0n) is 12.9. The number of urea groups is 1. The number of ether oxygens (including phenoxy) is 1. The number of hydrogen-bond acceptors (Lipinski definition) is 7. The quantitative estimate of drug-likeness (QED) is 0.561. The monoisotopic (exact) mass is 350 g/mol. The molecule has 0 unspecified atom stereocenters. The van der Waals surface area contributed by atoms with E-state index < -0.39 is 0 Å². The SMILES string of the molecule is CNC(=O)Nc1ccc(Oc2ncnc(N)c2C=NOC)c(Cl)c1. The van der Waals surface area contributed by atoms with Crippen molar-refractivity contribution in [3.8, 4) is 11.6 Å². The summed E-state index contributed by atoms with van der Waals surface area (Å²) in [7, 11) is 2.91. The summed E-state index contributed by atoms with van der Waals surface area (Å²) in [6.07, 6.45) is 2.59. The van der Waals surface area contributed by atoms with Crippen molar-refractivity contribution in [3.05, 3.63) is 35.1 Å². The molecule has 10 heteroatoms. The molecular formula is C14H15ClN6O3. The van der Waals surface area contributed by atoms with Crippen LogP contribution in [0.25, 0.3) is 0 Å². The Morgan fingerprint density at radius 3 is 2.88 bits per heavy atom. The second-order valence-electron chi connectivity index (χ2n) is 4.35. The van der Waals surface area contributed by atoms with Gasteiger partial charge < -0.3 is 25.9 Å². The van der Waals surface area contributed by atoms with Crippen LogP contribution in [0.1, 0.15) is 5.56 Å². The van der Waals surface area contributed by atoms with Crippen molar-refractivity contribution in [3.63, 3.8) is 0 Å². The van der Waals surface area contributed by atoms with Crippen LogP contribution in [0, 0.1) is 0 Å². The van der Waals surface area contributed by atoms with E-state index >= 15 is 0 Å². The summed E-state index contributed by atoms with van der Waals surface area (Å²) in [5.41, 5.74) is 6.64. The van der Waals surface area contributed by atoms with Crippen LogP contribution < -0.4 is 21.1 Å². The molecule has 0 radical (unpaired) electrons. The van der Waals surface area contributed by atoms with Crippen LogP contribution in [-0.4, -0.2) is 36.4 Å². The van der Waals surface area contributed by atoms with Gasteiger partial charge in [-0.3, -0.25) is 0 Å². The Morgan fingerprint density at radius 2 is 2.21 bits per heavy atom. The third-order valence-corrected chi connectivity index (χ3v) is 3.08. The van der Waals surface area contributed by atoms with Gasteiger partial charge in [-0.2, -0.15) is 0 Å². The fraction of sp³-hybridized carbons (Fsp3) is 0.143. The van der Waals surface area contributed by atoms with E-state index in [1.807, 2.05) is 0 Å². The number of carbonyl (C=O) groups excluding carboxylic acids is 1. The van der Waals surface area contributed by atoms with Gasteiger partial charge in [0, 0.05) is 12.7 Å². The highest BCUT2D eigenvalue weighted by molar-refractivity contribution is 6.32.